The Balaban J connectivity index is 3.68. The van der Waals surface area contributed by atoms with Gasteiger partial charge in [-0.2, -0.15) is 0 Å². The molecule has 402 valence electrons. The van der Waals surface area contributed by atoms with E-state index >= 15 is 0 Å². The second kappa shape index (κ2) is 60.6. The van der Waals surface area contributed by atoms with E-state index in [4.69, 9.17) is 0 Å². The van der Waals surface area contributed by atoms with Gasteiger partial charge in [-0.05, 0) is 103 Å². The van der Waals surface area contributed by atoms with E-state index in [1.807, 2.05) is 6.08 Å². The normalized spacial score (nSPS) is 13.9. The van der Waals surface area contributed by atoms with Gasteiger partial charge in [0.1, 0.15) is 0 Å². The first-order valence-electron chi connectivity index (χ1n) is 29.5. The van der Waals surface area contributed by atoms with E-state index in [0.29, 0.717) is 6.42 Å². The van der Waals surface area contributed by atoms with Crippen LogP contribution >= 0.6 is 0 Å². The molecule has 0 aromatic heterocycles. The number of carbonyl (C=O) groups excluding carboxylic acids is 1. The molecule has 71 heavy (non-hydrogen) atoms. The molecule has 0 spiro atoms. The summed E-state index contributed by atoms with van der Waals surface area (Å²) in [7, 11) is 0. The van der Waals surface area contributed by atoms with Crippen molar-refractivity contribution in [1.29, 1.82) is 0 Å². The van der Waals surface area contributed by atoms with Gasteiger partial charge < -0.3 is 15.5 Å². The number of carbonyl (C=O) groups is 1. The Hall–Kier alpha value is -3.73. The Kier molecular flexibility index (Phi) is 57.4. The largest absolute Gasteiger partial charge is 0.394 e. The number of allylic oxidation sites excluding steroid dienone is 23. The van der Waals surface area contributed by atoms with Crippen LogP contribution in [0.5, 0.6) is 0 Å². The van der Waals surface area contributed by atoms with Gasteiger partial charge in [0.05, 0.1) is 18.8 Å². The second-order valence-corrected chi connectivity index (χ2v) is 19.3. The molecule has 4 heteroatoms. The van der Waals surface area contributed by atoms with Crippen molar-refractivity contribution in [2.24, 2.45) is 0 Å². The average molecular weight is 979 g/mol. The number of aliphatic hydroxyl groups excluding tert-OH is 2. The zero-order chi connectivity index (χ0) is 51.3. The van der Waals surface area contributed by atoms with Gasteiger partial charge in [0.25, 0.3) is 0 Å². The highest BCUT2D eigenvalue weighted by atomic mass is 16.3. The smallest absolute Gasteiger partial charge is 0.220 e. The number of rotatable bonds is 52. The van der Waals surface area contributed by atoms with Crippen LogP contribution in [0.15, 0.2) is 146 Å². The molecule has 0 aromatic carbocycles. The van der Waals surface area contributed by atoms with Gasteiger partial charge in [-0.1, -0.05) is 288 Å². The topological polar surface area (TPSA) is 69.6 Å². The Morgan fingerprint density at radius 2 is 0.620 bits per heavy atom. The zero-order valence-corrected chi connectivity index (χ0v) is 46.2. The van der Waals surface area contributed by atoms with Gasteiger partial charge in [0.15, 0.2) is 0 Å². The predicted molar refractivity (Wildman–Crippen MR) is 317 cm³/mol. The van der Waals surface area contributed by atoms with Gasteiger partial charge in [0.2, 0.25) is 5.91 Å². The summed E-state index contributed by atoms with van der Waals surface area (Å²) < 4.78 is 0. The maximum absolute atomic E-state index is 12.5. The van der Waals surface area contributed by atoms with Crippen molar-refractivity contribution in [2.75, 3.05) is 6.61 Å². The highest BCUT2D eigenvalue weighted by Crippen LogP contribution is 2.15. The maximum Gasteiger partial charge on any atom is 0.220 e. The van der Waals surface area contributed by atoms with E-state index in [2.05, 4.69) is 153 Å². The molecule has 0 heterocycles. The Morgan fingerprint density at radius 1 is 0.352 bits per heavy atom. The first-order valence-corrected chi connectivity index (χ1v) is 29.5. The Morgan fingerprint density at radius 3 is 0.930 bits per heavy atom. The van der Waals surface area contributed by atoms with Crippen molar-refractivity contribution in [2.45, 2.75) is 264 Å². The second-order valence-electron chi connectivity index (χ2n) is 19.3. The van der Waals surface area contributed by atoms with Crippen molar-refractivity contribution in [3.8, 4) is 0 Å². The molecule has 0 radical (unpaired) electrons. The number of hydrogen-bond acceptors (Lipinski definition) is 3. The highest BCUT2D eigenvalue weighted by molar-refractivity contribution is 5.76. The molecule has 1 amide bonds. The van der Waals surface area contributed by atoms with Crippen molar-refractivity contribution < 1.29 is 15.0 Å². The quantitative estimate of drug-likeness (QED) is 0.0420. The van der Waals surface area contributed by atoms with E-state index in [1.54, 1.807) is 6.08 Å². The molecule has 0 aliphatic rings. The molecule has 2 unspecified atom stereocenters. The summed E-state index contributed by atoms with van der Waals surface area (Å²) in [5, 5.41) is 23.2. The van der Waals surface area contributed by atoms with Crippen LogP contribution in [0.2, 0.25) is 0 Å². The van der Waals surface area contributed by atoms with Crippen LogP contribution in [0.4, 0.5) is 0 Å². The summed E-state index contributed by atoms with van der Waals surface area (Å²) in [5.74, 6) is -0.0874. The molecular formula is C67H111NO3. The van der Waals surface area contributed by atoms with Crippen molar-refractivity contribution in [3.05, 3.63) is 146 Å². The van der Waals surface area contributed by atoms with Crippen LogP contribution in [0.1, 0.15) is 251 Å². The first-order chi connectivity index (χ1) is 35.2. The molecule has 0 rings (SSSR count). The fourth-order valence-corrected chi connectivity index (χ4v) is 8.12. The molecule has 3 N–H and O–H groups in total. The van der Waals surface area contributed by atoms with Crippen molar-refractivity contribution in [1.82, 2.24) is 5.32 Å². The lowest BCUT2D eigenvalue weighted by Crippen LogP contribution is -2.45. The number of hydrogen-bond donors (Lipinski definition) is 3. The third-order valence-corrected chi connectivity index (χ3v) is 12.6. The fraction of sp³-hybridized carbons (Fsp3) is 0.627. The molecular weight excluding hydrogens is 867 g/mol. The van der Waals surface area contributed by atoms with E-state index < -0.39 is 12.1 Å². The molecule has 0 fully saturated rings. The van der Waals surface area contributed by atoms with E-state index in [9.17, 15) is 15.0 Å². The van der Waals surface area contributed by atoms with Crippen LogP contribution in [0, 0.1) is 0 Å². The Labute approximate surface area is 440 Å². The molecule has 0 aliphatic heterocycles. The summed E-state index contributed by atoms with van der Waals surface area (Å²) in [6.45, 7) is 4.19. The molecule has 0 aromatic rings. The van der Waals surface area contributed by atoms with Crippen molar-refractivity contribution >= 4 is 5.91 Å². The minimum absolute atomic E-state index is 0.0874. The Bertz CT molecular complexity index is 1480. The van der Waals surface area contributed by atoms with Gasteiger partial charge in [-0.15, -0.1) is 0 Å². The van der Waals surface area contributed by atoms with Crippen LogP contribution in [0.25, 0.3) is 0 Å². The zero-order valence-electron chi connectivity index (χ0n) is 46.2. The van der Waals surface area contributed by atoms with Gasteiger partial charge in [-0.3, -0.25) is 4.79 Å². The summed E-state index contributed by atoms with van der Waals surface area (Å²) in [5.41, 5.74) is 0. The maximum atomic E-state index is 12.5. The number of unbranched alkanes of at least 4 members (excludes halogenated alkanes) is 23. The van der Waals surface area contributed by atoms with Gasteiger partial charge in [0, 0.05) is 6.42 Å². The highest BCUT2D eigenvalue weighted by Gasteiger charge is 2.18. The lowest BCUT2D eigenvalue weighted by molar-refractivity contribution is -0.123. The third kappa shape index (κ3) is 57.0. The minimum Gasteiger partial charge on any atom is -0.394 e. The summed E-state index contributed by atoms with van der Waals surface area (Å²) in [6.07, 6.45) is 95.7. The third-order valence-electron chi connectivity index (χ3n) is 12.6. The number of nitrogens with one attached hydrogen (secondary N) is 1. The van der Waals surface area contributed by atoms with E-state index in [0.717, 1.165) is 109 Å². The van der Waals surface area contributed by atoms with E-state index in [-0.39, 0.29) is 12.5 Å². The standard InChI is InChI=1S/C67H111NO3/c1-3-5-7-9-11-13-15-17-19-21-23-25-26-27-28-29-30-31-32-33-34-35-36-37-38-39-40-41-42-43-45-47-49-51-53-55-57-59-61-63-67(71)68-65(64-69)66(70)62-60-58-56-54-52-50-48-46-44-24-22-20-18-16-14-12-10-8-6-4-2/h5,7,11,13,17,19,23,25,27-28,30-31,33-34,36-37,39-40,42-43,47,49,60,62,65-66,69-70H,3-4,6,8-10,12,14-16,18,20-22,24,26,29,32,35,38,41,44-46,48,50-59,61,63-64H2,1-2H3,(H,68,71)/b7-5-,13-11-,19-17-,25-23-,28-27-,31-30-,34-33-,37-36-,40-39-,43-42-,49-47-,62-60+. The molecule has 4 nitrogen and oxygen atoms in total. The molecule has 0 bridgehead atoms. The lowest BCUT2D eigenvalue weighted by Gasteiger charge is -2.20. The number of amides is 1. The van der Waals surface area contributed by atoms with Crippen LogP contribution in [-0.2, 0) is 4.79 Å². The molecule has 2 atom stereocenters. The summed E-state index contributed by atoms with van der Waals surface area (Å²) in [4.78, 5) is 12.5. The number of aliphatic hydroxyl groups is 2. The van der Waals surface area contributed by atoms with Gasteiger partial charge in [-0.25, -0.2) is 0 Å². The fourth-order valence-electron chi connectivity index (χ4n) is 8.12. The molecule has 0 saturated heterocycles. The molecule has 0 saturated carbocycles. The van der Waals surface area contributed by atoms with Gasteiger partial charge >= 0.3 is 0 Å². The van der Waals surface area contributed by atoms with Crippen LogP contribution < -0.4 is 5.32 Å². The predicted octanol–water partition coefficient (Wildman–Crippen LogP) is 20.0. The van der Waals surface area contributed by atoms with Crippen molar-refractivity contribution in [3.63, 3.8) is 0 Å². The summed E-state index contributed by atoms with van der Waals surface area (Å²) in [6, 6.07) is -0.644. The lowest BCUT2D eigenvalue weighted by atomic mass is 10.0. The summed E-state index contributed by atoms with van der Waals surface area (Å²) >= 11 is 0. The van der Waals surface area contributed by atoms with Crippen LogP contribution in [0.3, 0.4) is 0 Å². The monoisotopic (exact) mass is 978 g/mol. The van der Waals surface area contributed by atoms with Crippen LogP contribution in [-0.4, -0.2) is 34.9 Å². The minimum atomic E-state index is -0.859. The first kappa shape index (κ1) is 67.3. The van der Waals surface area contributed by atoms with E-state index in [1.165, 1.54) is 122 Å². The molecule has 0 aliphatic carbocycles. The SMILES string of the molecule is CC/C=C\C/C=C\C/C=C\C/C=C\C/C=C\C/C=C\C/C=C\C/C=C\C/C=C\C/C=C\C/C=C\CCCCCCCC(=O)NC(CO)C(O)/C=C/CCCCCCCCCCCCCCCCCCCC. The average Bonchev–Trinajstić information content (AvgIpc) is 3.37.